The topological polar surface area (TPSA) is 98.5 Å². The van der Waals surface area contributed by atoms with E-state index < -0.39 is 0 Å². The molecule has 10 heteroatoms. The SMILES string of the molecule is C=CCn1c(SCC(=O)Nc2nnc(CCC)s2)nnc1-c1ccncc1. The van der Waals surface area contributed by atoms with Crippen LogP contribution in [-0.2, 0) is 17.8 Å². The van der Waals surface area contributed by atoms with Crippen molar-refractivity contribution >= 4 is 34.1 Å². The maximum atomic E-state index is 12.2. The van der Waals surface area contributed by atoms with Crippen molar-refractivity contribution < 1.29 is 4.79 Å². The van der Waals surface area contributed by atoms with Gasteiger partial charge in [-0.1, -0.05) is 36.1 Å². The lowest BCUT2D eigenvalue weighted by Crippen LogP contribution is -2.14. The third-order valence-electron chi connectivity index (χ3n) is 3.48. The molecule has 3 aromatic heterocycles. The first kappa shape index (κ1) is 19.2. The van der Waals surface area contributed by atoms with Crippen molar-refractivity contribution in [1.82, 2.24) is 29.9 Å². The Kier molecular flexibility index (Phi) is 6.66. The third-order valence-corrected chi connectivity index (χ3v) is 5.34. The van der Waals surface area contributed by atoms with Crippen molar-refractivity contribution in [3.05, 3.63) is 42.2 Å². The third kappa shape index (κ3) is 4.98. The maximum absolute atomic E-state index is 12.2. The average molecular weight is 402 g/mol. The highest BCUT2D eigenvalue weighted by Crippen LogP contribution is 2.24. The second-order valence-electron chi connectivity index (χ2n) is 5.53. The minimum atomic E-state index is -0.155. The van der Waals surface area contributed by atoms with E-state index in [9.17, 15) is 4.79 Å². The number of hydrogen-bond donors (Lipinski definition) is 1. The summed E-state index contributed by atoms with van der Waals surface area (Å²) < 4.78 is 1.92. The minimum Gasteiger partial charge on any atom is -0.300 e. The van der Waals surface area contributed by atoms with Crippen LogP contribution in [0.4, 0.5) is 5.13 Å². The predicted molar refractivity (Wildman–Crippen MR) is 107 cm³/mol. The van der Waals surface area contributed by atoms with Crippen molar-refractivity contribution in [2.75, 3.05) is 11.1 Å². The molecule has 3 heterocycles. The summed E-state index contributed by atoms with van der Waals surface area (Å²) in [5, 5.41) is 21.4. The lowest BCUT2D eigenvalue weighted by molar-refractivity contribution is -0.113. The number of carbonyl (C=O) groups excluding carboxylic acids is 1. The Morgan fingerprint density at radius 3 is 2.85 bits per heavy atom. The first-order valence-electron chi connectivity index (χ1n) is 8.40. The Balaban J connectivity index is 1.65. The van der Waals surface area contributed by atoms with Crippen LogP contribution in [0.2, 0.25) is 0 Å². The number of anilines is 1. The lowest BCUT2D eigenvalue weighted by atomic mass is 10.2. The van der Waals surface area contributed by atoms with E-state index in [2.05, 4.69) is 44.2 Å². The van der Waals surface area contributed by atoms with E-state index in [0.29, 0.717) is 22.7 Å². The summed E-state index contributed by atoms with van der Waals surface area (Å²) in [4.78, 5) is 16.2. The maximum Gasteiger partial charge on any atom is 0.236 e. The second kappa shape index (κ2) is 9.38. The van der Waals surface area contributed by atoms with Gasteiger partial charge in [-0.15, -0.1) is 27.0 Å². The zero-order chi connectivity index (χ0) is 19.1. The number of rotatable bonds is 9. The van der Waals surface area contributed by atoms with E-state index in [1.807, 2.05) is 16.7 Å². The first-order chi connectivity index (χ1) is 13.2. The molecule has 0 radical (unpaired) electrons. The van der Waals surface area contributed by atoms with Gasteiger partial charge in [0.05, 0.1) is 5.75 Å². The van der Waals surface area contributed by atoms with E-state index in [4.69, 9.17) is 0 Å². The van der Waals surface area contributed by atoms with Gasteiger partial charge in [0.25, 0.3) is 0 Å². The number of allylic oxidation sites excluding steroid dienone is 1. The monoisotopic (exact) mass is 401 g/mol. The van der Waals surface area contributed by atoms with Gasteiger partial charge in [-0.3, -0.25) is 19.7 Å². The van der Waals surface area contributed by atoms with Crippen molar-refractivity contribution in [2.45, 2.75) is 31.5 Å². The largest absolute Gasteiger partial charge is 0.300 e. The van der Waals surface area contributed by atoms with Gasteiger partial charge < -0.3 is 0 Å². The molecule has 1 amide bonds. The second-order valence-corrected chi connectivity index (χ2v) is 7.53. The quantitative estimate of drug-likeness (QED) is 0.434. The van der Waals surface area contributed by atoms with Crippen LogP contribution in [0.1, 0.15) is 18.4 Å². The van der Waals surface area contributed by atoms with Gasteiger partial charge in [-0.05, 0) is 18.6 Å². The standard InChI is InChI=1S/C17H19N7OS2/c1-3-5-14-20-22-16(27-14)19-13(25)11-26-17-23-21-15(24(17)10-4-2)12-6-8-18-9-7-12/h4,6-9H,2-3,5,10-11H2,1H3,(H,19,22,25). The number of carbonyl (C=O) groups is 1. The molecule has 8 nitrogen and oxygen atoms in total. The van der Waals surface area contributed by atoms with Crippen LogP contribution in [0, 0.1) is 0 Å². The Hall–Kier alpha value is -2.59. The molecule has 0 aliphatic carbocycles. The molecule has 27 heavy (non-hydrogen) atoms. The average Bonchev–Trinajstić information content (AvgIpc) is 3.28. The van der Waals surface area contributed by atoms with E-state index in [0.717, 1.165) is 23.4 Å². The summed E-state index contributed by atoms with van der Waals surface area (Å²) in [6.07, 6.45) is 7.05. The van der Waals surface area contributed by atoms with Gasteiger partial charge in [0.2, 0.25) is 11.0 Å². The summed E-state index contributed by atoms with van der Waals surface area (Å²) in [5.41, 5.74) is 0.910. The summed E-state index contributed by atoms with van der Waals surface area (Å²) in [7, 11) is 0. The Labute approximate surface area is 165 Å². The fraction of sp³-hybridized carbons (Fsp3) is 0.294. The highest BCUT2D eigenvalue weighted by molar-refractivity contribution is 7.99. The number of aromatic nitrogens is 6. The Morgan fingerprint density at radius 1 is 1.30 bits per heavy atom. The number of pyridine rings is 1. The summed E-state index contributed by atoms with van der Waals surface area (Å²) in [6, 6.07) is 3.74. The lowest BCUT2D eigenvalue weighted by Gasteiger charge is -2.07. The van der Waals surface area contributed by atoms with Crippen molar-refractivity contribution in [1.29, 1.82) is 0 Å². The molecule has 3 rings (SSSR count). The summed E-state index contributed by atoms with van der Waals surface area (Å²) in [5.74, 6) is 0.764. The molecule has 0 bridgehead atoms. The zero-order valence-electron chi connectivity index (χ0n) is 14.8. The minimum absolute atomic E-state index is 0.155. The van der Waals surface area contributed by atoms with Crippen LogP contribution < -0.4 is 5.32 Å². The van der Waals surface area contributed by atoms with Gasteiger partial charge in [0.15, 0.2) is 11.0 Å². The molecule has 3 aromatic rings. The molecule has 0 atom stereocenters. The Bertz CT molecular complexity index is 907. The van der Waals surface area contributed by atoms with Gasteiger partial charge in [0, 0.05) is 30.9 Å². The van der Waals surface area contributed by atoms with Gasteiger partial charge in [-0.2, -0.15) is 0 Å². The summed E-state index contributed by atoms with van der Waals surface area (Å²) >= 11 is 2.72. The van der Waals surface area contributed by atoms with Crippen LogP contribution >= 0.6 is 23.1 Å². The van der Waals surface area contributed by atoms with E-state index in [-0.39, 0.29) is 11.7 Å². The van der Waals surface area contributed by atoms with Crippen molar-refractivity contribution in [3.63, 3.8) is 0 Å². The Morgan fingerprint density at radius 2 is 2.11 bits per heavy atom. The molecule has 0 aromatic carbocycles. The number of nitrogens with zero attached hydrogens (tertiary/aromatic N) is 6. The molecular formula is C17H19N7OS2. The fourth-order valence-corrected chi connectivity index (χ4v) is 3.91. The molecule has 0 unspecified atom stereocenters. The first-order valence-corrected chi connectivity index (χ1v) is 10.2. The normalized spacial score (nSPS) is 10.7. The molecule has 1 N–H and O–H groups in total. The molecule has 0 fully saturated rings. The van der Waals surface area contributed by atoms with Gasteiger partial charge in [-0.25, -0.2) is 0 Å². The zero-order valence-corrected chi connectivity index (χ0v) is 16.5. The fourth-order valence-electron chi connectivity index (χ4n) is 2.31. The van der Waals surface area contributed by atoms with Gasteiger partial charge in [0.1, 0.15) is 5.01 Å². The van der Waals surface area contributed by atoms with Crippen LogP contribution in [0.5, 0.6) is 0 Å². The smallest absolute Gasteiger partial charge is 0.236 e. The van der Waals surface area contributed by atoms with E-state index in [1.54, 1.807) is 18.5 Å². The van der Waals surface area contributed by atoms with Crippen molar-refractivity contribution in [3.8, 4) is 11.4 Å². The van der Waals surface area contributed by atoms with E-state index in [1.165, 1.54) is 23.1 Å². The number of hydrogen-bond acceptors (Lipinski definition) is 8. The highest BCUT2D eigenvalue weighted by Gasteiger charge is 2.15. The summed E-state index contributed by atoms with van der Waals surface area (Å²) in [6.45, 7) is 6.42. The molecule has 0 saturated heterocycles. The van der Waals surface area contributed by atoms with Crippen LogP contribution in [0.3, 0.4) is 0 Å². The number of aryl methyl sites for hydroxylation is 1. The number of nitrogens with one attached hydrogen (secondary N) is 1. The van der Waals surface area contributed by atoms with Crippen LogP contribution in [0.15, 0.2) is 42.3 Å². The molecule has 0 saturated carbocycles. The number of amides is 1. The highest BCUT2D eigenvalue weighted by atomic mass is 32.2. The van der Waals surface area contributed by atoms with Crippen LogP contribution in [-0.4, -0.2) is 41.6 Å². The predicted octanol–water partition coefficient (Wildman–Crippen LogP) is 3.06. The number of thioether (sulfide) groups is 1. The molecule has 0 spiro atoms. The molecule has 140 valence electrons. The molecule has 0 aliphatic rings. The molecular weight excluding hydrogens is 382 g/mol. The van der Waals surface area contributed by atoms with E-state index >= 15 is 0 Å². The molecule has 0 aliphatic heterocycles. The van der Waals surface area contributed by atoms with Crippen LogP contribution in [0.25, 0.3) is 11.4 Å². The van der Waals surface area contributed by atoms with Gasteiger partial charge >= 0.3 is 0 Å². The van der Waals surface area contributed by atoms with Crippen molar-refractivity contribution in [2.24, 2.45) is 0 Å².